The molecule has 0 bridgehead atoms. The van der Waals surface area contributed by atoms with Gasteiger partial charge in [0.15, 0.2) is 0 Å². The Morgan fingerprint density at radius 3 is 2.94 bits per heavy atom. The van der Waals surface area contributed by atoms with Crippen molar-refractivity contribution in [1.29, 1.82) is 0 Å². The van der Waals surface area contributed by atoms with Gasteiger partial charge in [0.1, 0.15) is 0 Å². The van der Waals surface area contributed by atoms with Gasteiger partial charge in [0.2, 0.25) is 5.91 Å². The quantitative estimate of drug-likeness (QED) is 0.748. The van der Waals surface area contributed by atoms with Crippen LogP contribution < -0.4 is 5.73 Å². The van der Waals surface area contributed by atoms with Gasteiger partial charge in [-0.3, -0.25) is 4.79 Å². The smallest absolute Gasteiger partial charge is 0.225 e. The molecule has 3 unspecified atom stereocenters. The second-order valence-electron chi connectivity index (χ2n) is 5.44. The van der Waals surface area contributed by atoms with Crippen LogP contribution in [0.4, 0.5) is 0 Å². The number of amides is 1. The molecule has 2 aliphatic rings. The van der Waals surface area contributed by atoms with Gasteiger partial charge in [0.05, 0.1) is 6.10 Å². The number of carbonyl (C=O) groups is 1. The molecule has 1 saturated heterocycles. The molecular weight excluding hydrogens is 216 g/mol. The molecule has 0 aromatic carbocycles. The highest BCUT2D eigenvalue weighted by molar-refractivity contribution is 5.79. The molecule has 98 valence electrons. The first-order valence-corrected chi connectivity index (χ1v) is 6.83. The van der Waals surface area contributed by atoms with E-state index in [9.17, 15) is 4.79 Å². The minimum atomic E-state index is 0.157. The molecule has 4 heteroatoms. The minimum Gasteiger partial charge on any atom is -0.377 e. The van der Waals surface area contributed by atoms with Crippen LogP contribution in [0.15, 0.2) is 0 Å². The number of hydrogen-bond acceptors (Lipinski definition) is 3. The average Bonchev–Trinajstić information content (AvgIpc) is 2.53. The summed E-state index contributed by atoms with van der Waals surface area (Å²) in [5.41, 5.74) is 5.96. The fraction of sp³-hybridized carbons (Fsp3) is 0.923. The SMILES string of the molecule is CC1CN(C(=O)C2CCCC(N)C2)CCCO1. The molecule has 1 aliphatic carbocycles. The first-order valence-electron chi connectivity index (χ1n) is 6.83. The van der Waals surface area contributed by atoms with E-state index in [0.717, 1.165) is 51.8 Å². The third kappa shape index (κ3) is 3.42. The molecule has 0 radical (unpaired) electrons. The average molecular weight is 240 g/mol. The first-order chi connectivity index (χ1) is 8.16. The lowest BCUT2D eigenvalue weighted by Gasteiger charge is -2.31. The summed E-state index contributed by atoms with van der Waals surface area (Å²) >= 11 is 0. The van der Waals surface area contributed by atoms with Crippen LogP contribution >= 0.6 is 0 Å². The van der Waals surface area contributed by atoms with Gasteiger partial charge >= 0.3 is 0 Å². The van der Waals surface area contributed by atoms with E-state index in [1.54, 1.807) is 0 Å². The molecule has 2 N–H and O–H groups in total. The maximum Gasteiger partial charge on any atom is 0.225 e. The Morgan fingerprint density at radius 2 is 2.18 bits per heavy atom. The Hall–Kier alpha value is -0.610. The van der Waals surface area contributed by atoms with E-state index >= 15 is 0 Å². The number of ether oxygens (including phenoxy) is 1. The summed E-state index contributed by atoms with van der Waals surface area (Å²) in [6, 6.07) is 0.221. The lowest BCUT2D eigenvalue weighted by atomic mass is 9.85. The fourth-order valence-electron chi connectivity index (χ4n) is 2.90. The Bertz CT molecular complexity index is 270. The summed E-state index contributed by atoms with van der Waals surface area (Å²) in [7, 11) is 0. The van der Waals surface area contributed by atoms with Gasteiger partial charge in [-0.2, -0.15) is 0 Å². The van der Waals surface area contributed by atoms with Gasteiger partial charge in [-0.05, 0) is 32.6 Å². The maximum atomic E-state index is 12.4. The van der Waals surface area contributed by atoms with Crippen molar-refractivity contribution in [1.82, 2.24) is 4.90 Å². The van der Waals surface area contributed by atoms with Crippen LogP contribution in [-0.4, -0.2) is 42.6 Å². The van der Waals surface area contributed by atoms with Crippen LogP contribution in [0.5, 0.6) is 0 Å². The maximum absolute atomic E-state index is 12.4. The zero-order valence-electron chi connectivity index (χ0n) is 10.7. The Kier molecular flexibility index (Phi) is 4.40. The highest BCUT2D eigenvalue weighted by atomic mass is 16.5. The van der Waals surface area contributed by atoms with E-state index in [1.165, 1.54) is 0 Å². The summed E-state index contributed by atoms with van der Waals surface area (Å²) in [4.78, 5) is 14.4. The molecule has 1 heterocycles. The van der Waals surface area contributed by atoms with E-state index < -0.39 is 0 Å². The van der Waals surface area contributed by atoms with E-state index in [-0.39, 0.29) is 18.1 Å². The van der Waals surface area contributed by atoms with Gasteiger partial charge in [-0.25, -0.2) is 0 Å². The predicted octanol–water partition coefficient (Wildman–Crippen LogP) is 1.14. The Balaban J connectivity index is 1.93. The van der Waals surface area contributed by atoms with Crippen LogP contribution in [0, 0.1) is 5.92 Å². The molecule has 0 spiro atoms. The second kappa shape index (κ2) is 5.83. The highest BCUT2D eigenvalue weighted by Gasteiger charge is 2.30. The topological polar surface area (TPSA) is 55.6 Å². The third-order valence-corrected chi connectivity index (χ3v) is 3.83. The van der Waals surface area contributed by atoms with Crippen molar-refractivity contribution in [3.8, 4) is 0 Å². The highest BCUT2D eigenvalue weighted by Crippen LogP contribution is 2.25. The minimum absolute atomic E-state index is 0.157. The lowest BCUT2D eigenvalue weighted by molar-refractivity contribution is -0.137. The predicted molar refractivity (Wildman–Crippen MR) is 66.5 cm³/mol. The molecule has 1 aliphatic heterocycles. The van der Waals surface area contributed by atoms with Crippen LogP contribution in [0.25, 0.3) is 0 Å². The molecule has 0 aromatic heterocycles. The number of nitrogens with two attached hydrogens (primary N) is 1. The first kappa shape index (κ1) is 12.8. The number of hydrogen-bond donors (Lipinski definition) is 1. The van der Waals surface area contributed by atoms with Crippen molar-refractivity contribution in [3.63, 3.8) is 0 Å². The molecule has 1 amide bonds. The molecule has 0 aromatic rings. The van der Waals surface area contributed by atoms with Crippen molar-refractivity contribution in [2.24, 2.45) is 11.7 Å². The molecule has 17 heavy (non-hydrogen) atoms. The summed E-state index contributed by atoms with van der Waals surface area (Å²) in [5, 5.41) is 0. The van der Waals surface area contributed by atoms with Gasteiger partial charge in [-0.1, -0.05) is 6.42 Å². The molecule has 3 atom stereocenters. The standard InChI is InChI=1S/C13H24N2O2/c1-10-9-15(6-3-7-17-10)13(16)11-4-2-5-12(14)8-11/h10-12H,2-9,14H2,1H3. The number of rotatable bonds is 1. The zero-order chi connectivity index (χ0) is 12.3. The van der Waals surface area contributed by atoms with Crippen molar-refractivity contribution < 1.29 is 9.53 Å². The van der Waals surface area contributed by atoms with Crippen LogP contribution in [0.3, 0.4) is 0 Å². The summed E-state index contributed by atoms with van der Waals surface area (Å²) in [5.74, 6) is 0.460. The Morgan fingerprint density at radius 1 is 1.35 bits per heavy atom. The summed E-state index contributed by atoms with van der Waals surface area (Å²) in [6.45, 7) is 4.40. The zero-order valence-corrected chi connectivity index (χ0v) is 10.7. The number of nitrogens with zero attached hydrogens (tertiary/aromatic N) is 1. The van der Waals surface area contributed by atoms with Gasteiger partial charge < -0.3 is 15.4 Å². The van der Waals surface area contributed by atoms with Gasteiger partial charge in [0.25, 0.3) is 0 Å². The molecule has 2 rings (SSSR count). The van der Waals surface area contributed by atoms with Crippen LogP contribution in [0.1, 0.15) is 39.0 Å². The Labute approximate surface area is 103 Å². The summed E-state index contributed by atoms with van der Waals surface area (Å²) < 4.78 is 5.57. The molecular formula is C13H24N2O2. The normalized spacial score (nSPS) is 35.4. The third-order valence-electron chi connectivity index (χ3n) is 3.83. The molecule has 4 nitrogen and oxygen atoms in total. The van der Waals surface area contributed by atoms with E-state index in [4.69, 9.17) is 10.5 Å². The van der Waals surface area contributed by atoms with E-state index in [2.05, 4.69) is 0 Å². The van der Waals surface area contributed by atoms with E-state index in [0.29, 0.717) is 5.91 Å². The summed E-state index contributed by atoms with van der Waals surface area (Å²) in [6.07, 6.45) is 5.16. The second-order valence-corrected chi connectivity index (χ2v) is 5.44. The largest absolute Gasteiger partial charge is 0.377 e. The molecule has 2 fully saturated rings. The van der Waals surface area contributed by atoms with Gasteiger partial charge in [-0.15, -0.1) is 0 Å². The number of carbonyl (C=O) groups excluding carboxylic acids is 1. The monoisotopic (exact) mass is 240 g/mol. The van der Waals surface area contributed by atoms with Crippen molar-refractivity contribution in [2.75, 3.05) is 19.7 Å². The fourth-order valence-corrected chi connectivity index (χ4v) is 2.90. The van der Waals surface area contributed by atoms with E-state index in [1.807, 2.05) is 11.8 Å². The lowest BCUT2D eigenvalue weighted by Crippen LogP contribution is -2.43. The van der Waals surface area contributed by atoms with Crippen molar-refractivity contribution in [3.05, 3.63) is 0 Å². The van der Waals surface area contributed by atoms with Crippen molar-refractivity contribution in [2.45, 2.75) is 51.2 Å². The van der Waals surface area contributed by atoms with Crippen LogP contribution in [0.2, 0.25) is 0 Å². The molecule has 1 saturated carbocycles. The van der Waals surface area contributed by atoms with Crippen molar-refractivity contribution >= 4 is 5.91 Å². The van der Waals surface area contributed by atoms with Gasteiger partial charge in [0, 0.05) is 31.7 Å². The van der Waals surface area contributed by atoms with Crippen LogP contribution in [-0.2, 0) is 9.53 Å².